The fraction of sp³-hybridized carbons (Fsp3) is 0.567. The Morgan fingerprint density at radius 1 is 1.13 bits per heavy atom. The molecule has 0 radical (unpaired) electrons. The van der Waals surface area contributed by atoms with Crippen molar-refractivity contribution < 1.29 is 50.2 Å². The molecule has 1 aliphatic carbocycles. The molecule has 5 rings (SSSR count). The van der Waals surface area contributed by atoms with E-state index in [1.54, 1.807) is 0 Å². The second-order valence-corrected chi connectivity index (χ2v) is 12.3. The Hall–Kier alpha value is -3.82. The highest BCUT2D eigenvalue weighted by Crippen LogP contribution is 2.46. The normalized spacial score (nSPS) is 27.0. The van der Waals surface area contributed by atoms with Crippen LogP contribution in [0.4, 0.5) is 47.0 Å². The van der Waals surface area contributed by atoms with Crippen molar-refractivity contribution in [3.63, 3.8) is 0 Å². The number of carbonyl (C=O) groups is 2. The van der Waals surface area contributed by atoms with Gasteiger partial charge in [0.15, 0.2) is 0 Å². The third kappa shape index (κ3) is 6.81. The maximum Gasteiger partial charge on any atom is 0.421 e. The number of nitrogens with one attached hydrogen (secondary N) is 2. The van der Waals surface area contributed by atoms with E-state index in [9.17, 15) is 36.6 Å². The molecule has 9 nitrogen and oxygen atoms in total. The van der Waals surface area contributed by atoms with Crippen LogP contribution in [0.3, 0.4) is 0 Å². The molecular formula is C30H34F7N5O4. The predicted molar refractivity (Wildman–Crippen MR) is 152 cm³/mol. The molecule has 3 amide bonds. The number of β-amino-alcohol motifs (C(OH)–C–C–N with tert-alkyl or cyclic N) is 1. The van der Waals surface area contributed by atoms with E-state index in [1.807, 2.05) is 0 Å². The van der Waals surface area contributed by atoms with Crippen molar-refractivity contribution in [3.8, 4) is 5.75 Å². The number of hydrogen-bond donors (Lipinski definition) is 3. The number of hydrogen-bond acceptors (Lipinski definition) is 6. The molecule has 1 unspecified atom stereocenters. The Bertz CT molecular complexity index is 1440. The lowest BCUT2D eigenvalue weighted by atomic mass is 9.86. The van der Waals surface area contributed by atoms with Crippen molar-refractivity contribution >= 4 is 23.4 Å². The molecule has 3 aliphatic rings. The number of ether oxygens (including phenoxy) is 1. The molecule has 3 heterocycles. The Kier molecular flexibility index (Phi) is 9.30. The summed E-state index contributed by atoms with van der Waals surface area (Å²) >= 11 is 0. The van der Waals surface area contributed by atoms with E-state index in [4.69, 9.17) is 4.74 Å². The smallest absolute Gasteiger partial charge is 0.421 e. The number of aromatic nitrogens is 1. The van der Waals surface area contributed by atoms with Crippen LogP contribution < -0.4 is 25.2 Å². The van der Waals surface area contributed by atoms with Crippen molar-refractivity contribution in [3.05, 3.63) is 47.2 Å². The minimum atomic E-state index is -5.04. The number of aliphatic hydroxyl groups is 1. The van der Waals surface area contributed by atoms with Crippen LogP contribution in [-0.4, -0.2) is 72.9 Å². The summed E-state index contributed by atoms with van der Waals surface area (Å²) < 4.78 is 106. The average molecular weight is 662 g/mol. The van der Waals surface area contributed by atoms with Crippen molar-refractivity contribution in [2.45, 2.75) is 75.2 Å². The number of rotatable bonds is 7. The first-order valence-electron chi connectivity index (χ1n) is 14.8. The number of pyridine rings is 1. The summed E-state index contributed by atoms with van der Waals surface area (Å²) in [5.74, 6) is -6.71. The molecule has 3 N–H and O–H groups in total. The maximum atomic E-state index is 15.3. The number of nitrogens with zero attached hydrogens (tertiary/aromatic N) is 3. The standard InChI is InChI=1S/C30H34F7N5O4/c1-29(45)8-10-41(14-29)21-7-9-38-26(23(21)30(35,36)37)42-13-18(22-19(31)11-17(46-2)12-20(22)32)24(27(42)43)40-28(44)39-16-5-3-15(4-6-16)25(33)34/h7,9,11-12,15-16,18,24-25,45H,3-6,8,10,13-14H2,1-2H3,(H2,39,40,44)/t15?,16?,18-,24-,29?/m0/s1. The second kappa shape index (κ2) is 12.8. The second-order valence-electron chi connectivity index (χ2n) is 12.3. The molecule has 0 bridgehead atoms. The lowest BCUT2D eigenvalue weighted by Crippen LogP contribution is -2.51. The van der Waals surface area contributed by atoms with E-state index in [0.29, 0.717) is 4.90 Å². The van der Waals surface area contributed by atoms with Crippen molar-refractivity contribution in [2.24, 2.45) is 5.92 Å². The maximum absolute atomic E-state index is 15.3. The lowest BCUT2D eigenvalue weighted by Gasteiger charge is -2.29. The molecule has 0 spiro atoms. The average Bonchev–Trinajstić information content (AvgIpc) is 3.50. The first-order valence-corrected chi connectivity index (χ1v) is 14.8. The number of anilines is 2. The van der Waals surface area contributed by atoms with E-state index < -0.39 is 89.2 Å². The summed E-state index contributed by atoms with van der Waals surface area (Å²) in [7, 11) is 1.18. The van der Waals surface area contributed by atoms with Crippen LogP contribution in [0.2, 0.25) is 0 Å². The topological polar surface area (TPSA) is 107 Å². The molecule has 2 aliphatic heterocycles. The van der Waals surface area contributed by atoms with Gasteiger partial charge in [0.2, 0.25) is 6.43 Å². The van der Waals surface area contributed by atoms with Gasteiger partial charge < -0.3 is 25.4 Å². The molecule has 46 heavy (non-hydrogen) atoms. The van der Waals surface area contributed by atoms with Gasteiger partial charge in [0.1, 0.15) is 34.8 Å². The summed E-state index contributed by atoms with van der Waals surface area (Å²) in [6, 6.07) is -0.387. The number of amides is 3. The molecular weight excluding hydrogens is 627 g/mol. The van der Waals surface area contributed by atoms with E-state index in [-0.39, 0.29) is 56.6 Å². The Balaban J connectivity index is 1.49. The van der Waals surface area contributed by atoms with Gasteiger partial charge in [0.25, 0.3) is 5.91 Å². The van der Waals surface area contributed by atoms with E-state index >= 15 is 8.78 Å². The highest BCUT2D eigenvalue weighted by atomic mass is 19.4. The lowest BCUT2D eigenvalue weighted by molar-refractivity contribution is -0.136. The van der Waals surface area contributed by atoms with Crippen LogP contribution in [0.15, 0.2) is 24.4 Å². The molecule has 1 aromatic carbocycles. The van der Waals surface area contributed by atoms with Crippen LogP contribution in [0.5, 0.6) is 5.75 Å². The van der Waals surface area contributed by atoms with Crippen LogP contribution in [0, 0.1) is 17.6 Å². The summed E-state index contributed by atoms with van der Waals surface area (Å²) in [5, 5.41) is 15.4. The number of carbonyl (C=O) groups excluding carboxylic acids is 2. The predicted octanol–water partition coefficient (Wildman–Crippen LogP) is 4.97. The Labute approximate surface area is 260 Å². The molecule has 252 valence electrons. The van der Waals surface area contributed by atoms with E-state index in [1.165, 1.54) is 18.9 Å². The molecule has 1 saturated carbocycles. The Morgan fingerprint density at radius 2 is 1.78 bits per heavy atom. The highest BCUT2D eigenvalue weighted by molar-refractivity contribution is 6.03. The van der Waals surface area contributed by atoms with E-state index in [2.05, 4.69) is 15.6 Å². The van der Waals surface area contributed by atoms with Gasteiger partial charge in [-0.1, -0.05) is 0 Å². The number of alkyl halides is 5. The fourth-order valence-electron chi connectivity index (χ4n) is 6.59. The van der Waals surface area contributed by atoms with Gasteiger partial charge in [-0.15, -0.1) is 0 Å². The minimum Gasteiger partial charge on any atom is -0.497 e. The van der Waals surface area contributed by atoms with Crippen LogP contribution >= 0.6 is 0 Å². The van der Waals surface area contributed by atoms with Gasteiger partial charge in [0, 0.05) is 61.4 Å². The van der Waals surface area contributed by atoms with Gasteiger partial charge in [0.05, 0.1) is 18.4 Å². The summed E-state index contributed by atoms with van der Waals surface area (Å²) in [5.41, 5.74) is -3.53. The number of halogens is 7. The highest BCUT2D eigenvalue weighted by Gasteiger charge is 2.50. The van der Waals surface area contributed by atoms with Gasteiger partial charge in [-0.25, -0.2) is 27.3 Å². The van der Waals surface area contributed by atoms with Gasteiger partial charge in [-0.3, -0.25) is 9.69 Å². The number of urea groups is 1. The quantitative estimate of drug-likeness (QED) is 0.362. The van der Waals surface area contributed by atoms with Crippen molar-refractivity contribution in [1.82, 2.24) is 15.6 Å². The van der Waals surface area contributed by atoms with Crippen LogP contribution in [0.1, 0.15) is 56.1 Å². The largest absolute Gasteiger partial charge is 0.497 e. The molecule has 1 aromatic heterocycles. The fourth-order valence-corrected chi connectivity index (χ4v) is 6.59. The van der Waals surface area contributed by atoms with Crippen molar-refractivity contribution in [1.29, 1.82) is 0 Å². The Morgan fingerprint density at radius 3 is 2.33 bits per heavy atom. The summed E-state index contributed by atoms with van der Waals surface area (Å²) in [4.78, 5) is 32.8. The van der Waals surface area contributed by atoms with Gasteiger partial charge >= 0.3 is 12.2 Å². The summed E-state index contributed by atoms with van der Waals surface area (Å²) in [6.07, 6.45) is -5.53. The zero-order valence-corrected chi connectivity index (χ0v) is 25.0. The first kappa shape index (κ1) is 33.5. The SMILES string of the molecule is COc1cc(F)c([C@@H]2CN(c3nccc(N4CCC(C)(O)C4)c3C(F)(F)F)C(=O)[C@H]2NC(=O)NC2CCC(C(F)F)CC2)c(F)c1. The monoisotopic (exact) mass is 661 g/mol. The van der Waals surface area contributed by atoms with Gasteiger partial charge in [-0.05, 0) is 45.1 Å². The number of benzene rings is 1. The first-order chi connectivity index (χ1) is 21.6. The van der Waals surface area contributed by atoms with Crippen LogP contribution in [-0.2, 0) is 11.0 Å². The zero-order chi connectivity index (χ0) is 33.6. The minimum absolute atomic E-state index is 0.0853. The third-order valence-electron chi connectivity index (χ3n) is 8.96. The van der Waals surface area contributed by atoms with Crippen LogP contribution in [0.25, 0.3) is 0 Å². The molecule has 16 heteroatoms. The van der Waals surface area contributed by atoms with Crippen molar-refractivity contribution in [2.75, 3.05) is 36.5 Å². The third-order valence-corrected chi connectivity index (χ3v) is 8.96. The molecule has 3 atom stereocenters. The molecule has 2 saturated heterocycles. The van der Waals surface area contributed by atoms with E-state index in [0.717, 1.165) is 24.4 Å². The van der Waals surface area contributed by atoms with Gasteiger partial charge in [-0.2, -0.15) is 13.2 Å². The zero-order valence-electron chi connectivity index (χ0n) is 25.0. The molecule has 3 fully saturated rings. The molecule has 2 aromatic rings. The summed E-state index contributed by atoms with van der Waals surface area (Å²) in [6.45, 7) is 0.769. The number of methoxy groups -OCH3 is 1.